The molecule has 0 bridgehead atoms. The summed E-state index contributed by atoms with van der Waals surface area (Å²) in [7, 11) is 0. The molecular formula is C61H116O. The molecule has 62 heavy (non-hydrogen) atoms. The van der Waals surface area contributed by atoms with E-state index in [-0.39, 0.29) is 6.61 Å². The van der Waals surface area contributed by atoms with E-state index in [2.05, 4.69) is 32.9 Å². The molecule has 1 N–H and O–H groups in total. The van der Waals surface area contributed by atoms with Gasteiger partial charge in [0.05, 0.1) is 6.61 Å². The van der Waals surface area contributed by atoms with Gasteiger partial charge in [-0.05, 0) is 60.8 Å². The Morgan fingerprint density at radius 2 is 0.419 bits per heavy atom. The molecule has 0 aromatic heterocycles. The summed E-state index contributed by atoms with van der Waals surface area (Å²) < 4.78 is 0. The van der Waals surface area contributed by atoms with Crippen LogP contribution in [0.25, 0.3) is 0 Å². The highest BCUT2D eigenvalue weighted by molar-refractivity contribution is 5.40. The first kappa shape index (κ1) is 59.2. The molecule has 0 aliphatic heterocycles. The standard InChI is InChI=1S/C61H116O/c1-4-7-10-13-16-19-22-25-28-31-34-37-40-43-46-49-52-59-55-58(57-62)56-60(53-50-47-44-41-38-35-32-29-26-23-20-17-14-11-8-5-2)61(59)54-51-48-45-42-39-36-33-30-27-24-21-18-15-12-9-6-3/h55-56,62H,4-54,57H2,1-3H3. The molecule has 366 valence electrons. The number of unbranched alkanes of at least 4 members (excludes halogenated alkanes) is 45. The highest BCUT2D eigenvalue weighted by Gasteiger charge is 2.12. The average molecular weight is 866 g/mol. The van der Waals surface area contributed by atoms with Crippen LogP contribution in [0.5, 0.6) is 0 Å². The van der Waals surface area contributed by atoms with Gasteiger partial charge in [-0.2, -0.15) is 0 Å². The molecule has 0 saturated carbocycles. The Morgan fingerprint density at radius 1 is 0.242 bits per heavy atom. The third-order valence-electron chi connectivity index (χ3n) is 14.6. The zero-order chi connectivity index (χ0) is 44.5. The SMILES string of the molecule is CCCCCCCCCCCCCCCCCCc1cc(CO)cc(CCCCCCCCCCCCCCCCCC)c1CCCCCCCCCCCCCCCCCC. The van der Waals surface area contributed by atoms with Crippen molar-refractivity contribution >= 4 is 0 Å². The van der Waals surface area contributed by atoms with Crippen molar-refractivity contribution in [1.82, 2.24) is 0 Å². The summed E-state index contributed by atoms with van der Waals surface area (Å²) in [6.07, 6.45) is 72.4. The van der Waals surface area contributed by atoms with Gasteiger partial charge in [0.2, 0.25) is 0 Å². The number of aliphatic hydroxyl groups excluding tert-OH is 1. The van der Waals surface area contributed by atoms with Crippen molar-refractivity contribution in [3.63, 3.8) is 0 Å². The number of hydrogen-bond donors (Lipinski definition) is 1. The van der Waals surface area contributed by atoms with Crippen LogP contribution in [-0.4, -0.2) is 5.11 Å². The van der Waals surface area contributed by atoms with Crippen LogP contribution in [-0.2, 0) is 25.9 Å². The van der Waals surface area contributed by atoms with E-state index in [0.29, 0.717) is 0 Å². The summed E-state index contributed by atoms with van der Waals surface area (Å²) in [5.74, 6) is 0. The second kappa shape index (κ2) is 49.6. The van der Waals surface area contributed by atoms with E-state index in [9.17, 15) is 5.11 Å². The summed E-state index contributed by atoms with van der Waals surface area (Å²) in [6.45, 7) is 7.13. The van der Waals surface area contributed by atoms with E-state index in [1.165, 1.54) is 333 Å². The Hall–Kier alpha value is -0.820. The molecule has 0 saturated heterocycles. The fourth-order valence-corrected chi connectivity index (χ4v) is 10.3. The second-order valence-corrected chi connectivity index (χ2v) is 20.7. The summed E-state index contributed by atoms with van der Waals surface area (Å²) in [4.78, 5) is 0. The van der Waals surface area contributed by atoms with Crippen molar-refractivity contribution in [2.75, 3.05) is 0 Å². The Balaban J connectivity index is 2.42. The lowest BCUT2D eigenvalue weighted by atomic mass is 9.88. The molecule has 0 aliphatic rings. The lowest BCUT2D eigenvalue weighted by Gasteiger charge is -2.18. The first-order valence-corrected chi connectivity index (χ1v) is 29.5. The Kier molecular flexibility index (Phi) is 47.4. The zero-order valence-electron chi connectivity index (χ0n) is 43.4. The highest BCUT2D eigenvalue weighted by Crippen LogP contribution is 2.26. The van der Waals surface area contributed by atoms with Crippen molar-refractivity contribution in [2.45, 2.75) is 355 Å². The molecule has 0 radical (unpaired) electrons. The minimum atomic E-state index is 0.192. The molecule has 1 aromatic carbocycles. The molecule has 0 aliphatic carbocycles. The third kappa shape index (κ3) is 39.5. The number of benzene rings is 1. The van der Waals surface area contributed by atoms with E-state index in [1.807, 2.05) is 0 Å². The summed E-state index contributed by atoms with van der Waals surface area (Å²) >= 11 is 0. The number of rotatable bonds is 52. The van der Waals surface area contributed by atoms with Gasteiger partial charge in [-0.15, -0.1) is 0 Å². The topological polar surface area (TPSA) is 20.2 Å². The Bertz CT molecular complexity index is 938. The maximum atomic E-state index is 10.3. The number of hydrogen-bond acceptors (Lipinski definition) is 1. The minimum absolute atomic E-state index is 0.192. The first-order valence-electron chi connectivity index (χ1n) is 29.5. The van der Waals surface area contributed by atoms with Crippen LogP contribution in [0.1, 0.15) is 351 Å². The second-order valence-electron chi connectivity index (χ2n) is 20.7. The van der Waals surface area contributed by atoms with E-state index >= 15 is 0 Å². The van der Waals surface area contributed by atoms with Crippen LogP contribution < -0.4 is 0 Å². The van der Waals surface area contributed by atoms with E-state index < -0.39 is 0 Å². The minimum Gasteiger partial charge on any atom is -0.392 e. The number of aliphatic hydroxyl groups is 1. The molecule has 0 atom stereocenters. The van der Waals surface area contributed by atoms with Crippen molar-refractivity contribution in [2.24, 2.45) is 0 Å². The maximum absolute atomic E-state index is 10.3. The van der Waals surface area contributed by atoms with Crippen molar-refractivity contribution < 1.29 is 5.11 Å². The van der Waals surface area contributed by atoms with E-state index in [4.69, 9.17) is 0 Å². The quantitative estimate of drug-likeness (QED) is 0.0647. The average Bonchev–Trinajstić information content (AvgIpc) is 3.28. The van der Waals surface area contributed by atoms with E-state index in [0.717, 1.165) is 0 Å². The van der Waals surface area contributed by atoms with Gasteiger partial charge < -0.3 is 5.11 Å². The molecule has 0 fully saturated rings. The third-order valence-corrected chi connectivity index (χ3v) is 14.6. The van der Waals surface area contributed by atoms with Crippen molar-refractivity contribution in [3.8, 4) is 0 Å². The fourth-order valence-electron chi connectivity index (χ4n) is 10.3. The predicted molar refractivity (Wildman–Crippen MR) is 282 cm³/mol. The Labute approximate surface area is 392 Å². The predicted octanol–water partition coefficient (Wildman–Crippen LogP) is 21.6. The first-order chi connectivity index (χ1) is 30.8. The van der Waals surface area contributed by atoms with Crippen molar-refractivity contribution in [3.05, 3.63) is 34.4 Å². The van der Waals surface area contributed by atoms with Crippen LogP contribution in [0.15, 0.2) is 12.1 Å². The van der Waals surface area contributed by atoms with Gasteiger partial charge in [-0.25, -0.2) is 0 Å². The van der Waals surface area contributed by atoms with Gasteiger partial charge in [0.1, 0.15) is 0 Å². The molecule has 1 nitrogen and oxygen atoms in total. The van der Waals surface area contributed by atoms with Gasteiger partial charge in [-0.1, -0.05) is 322 Å². The van der Waals surface area contributed by atoms with Gasteiger partial charge >= 0.3 is 0 Å². The maximum Gasteiger partial charge on any atom is 0.0682 e. The van der Waals surface area contributed by atoms with Gasteiger partial charge in [0, 0.05) is 0 Å². The largest absolute Gasteiger partial charge is 0.392 e. The molecule has 1 rings (SSSR count). The van der Waals surface area contributed by atoms with Crippen molar-refractivity contribution in [1.29, 1.82) is 0 Å². The fraction of sp³-hybridized carbons (Fsp3) is 0.902. The molecule has 0 heterocycles. The van der Waals surface area contributed by atoms with Gasteiger partial charge in [0.25, 0.3) is 0 Å². The van der Waals surface area contributed by atoms with Gasteiger partial charge in [-0.3, -0.25) is 0 Å². The molecule has 1 heteroatoms. The summed E-state index contributed by atoms with van der Waals surface area (Å²) in [6, 6.07) is 4.81. The monoisotopic (exact) mass is 865 g/mol. The molecule has 1 aromatic rings. The van der Waals surface area contributed by atoms with E-state index in [1.54, 1.807) is 16.7 Å². The number of aryl methyl sites for hydroxylation is 2. The van der Waals surface area contributed by atoms with Crippen LogP contribution in [0.2, 0.25) is 0 Å². The molecule has 0 unspecified atom stereocenters. The summed E-state index contributed by atoms with van der Waals surface area (Å²) in [5, 5.41) is 10.3. The summed E-state index contributed by atoms with van der Waals surface area (Å²) in [5.41, 5.74) is 6.04. The van der Waals surface area contributed by atoms with Crippen LogP contribution >= 0.6 is 0 Å². The molecule has 0 amide bonds. The molecular weight excluding hydrogens is 749 g/mol. The van der Waals surface area contributed by atoms with Crippen LogP contribution in [0, 0.1) is 0 Å². The lowest BCUT2D eigenvalue weighted by molar-refractivity contribution is 0.281. The van der Waals surface area contributed by atoms with Gasteiger partial charge in [0.15, 0.2) is 0 Å². The zero-order valence-corrected chi connectivity index (χ0v) is 43.4. The lowest BCUT2D eigenvalue weighted by Crippen LogP contribution is -2.04. The highest BCUT2D eigenvalue weighted by atomic mass is 16.3. The van der Waals surface area contributed by atoms with Crippen LogP contribution in [0.4, 0.5) is 0 Å². The normalized spacial score (nSPS) is 11.7. The Morgan fingerprint density at radius 3 is 0.613 bits per heavy atom. The van der Waals surface area contributed by atoms with Crippen LogP contribution in [0.3, 0.4) is 0 Å². The smallest absolute Gasteiger partial charge is 0.0682 e. The molecule has 0 spiro atoms.